The Balaban J connectivity index is 1.70. The van der Waals surface area contributed by atoms with Gasteiger partial charge < -0.3 is 4.84 Å². The van der Waals surface area contributed by atoms with Crippen molar-refractivity contribution in [3.63, 3.8) is 0 Å². The monoisotopic (exact) mass is 396 g/mol. The molecule has 0 aromatic heterocycles. The highest BCUT2D eigenvalue weighted by Crippen LogP contribution is 2.32. The van der Waals surface area contributed by atoms with Gasteiger partial charge >= 0.3 is 5.97 Å². The Hall–Kier alpha value is -3.77. The zero-order valence-electron chi connectivity index (χ0n) is 16.4. The number of carbonyl (C=O) groups is 1. The number of aryl methyl sites for hydroxylation is 1. The van der Waals surface area contributed by atoms with Crippen molar-refractivity contribution in [1.82, 2.24) is 5.59 Å². The summed E-state index contributed by atoms with van der Waals surface area (Å²) in [6.07, 6.45) is 0.479. The molecule has 2 aliphatic heterocycles. The summed E-state index contributed by atoms with van der Waals surface area (Å²) in [4.78, 5) is 27.7. The van der Waals surface area contributed by atoms with Crippen LogP contribution in [-0.2, 0) is 9.63 Å². The highest BCUT2D eigenvalue weighted by Gasteiger charge is 2.34. The Labute approximate surface area is 173 Å². The Kier molecular flexibility index (Phi) is 4.61. The molecule has 0 aliphatic carbocycles. The van der Waals surface area contributed by atoms with E-state index in [4.69, 9.17) is 14.8 Å². The van der Waals surface area contributed by atoms with E-state index in [9.17, 15) is 4.79 Å². The smallest absolute Gasteiger partial charge is 0.345 e. The molecule has 1 unspecified atom stereocenters. The number of nitrogens with zero attached hydrogens (tertiary/aromatic N) is 3. The lowest BCUT2D eigenvalue weighted by atomic mass is 10.0. The minimum atomic E-state index is -0.458. The van der Waals surface area contributed by atoms with Crippen LogP contribution >= 0.6 is 0 Å². The molecule has 1 N–H and O–H groups in total. The number of hydrogen-bond acceptors (Lipinski definition) is 6. The van der Waals surface area contributed by atoms with Crippen molar-refractivity contribution in [3.8, 4) is 0 Å². The standard InChI is InChI=1S/C24H20N4O2/c1-16-11-13-18(14-12-16)28-23(24(29)30-27-28)22-15-21(17-7-3-2-4-8-17)25-19-9-5-6-10-20(19)26-22/h2-14,21,27H,15H2,1H3. The van der Waals surface area contributed by atoms with Crippen LogP contribution in [-0.4, -0.2) is 5.97 Å². The summed E-state index contributed by atoms with van der Waals surface area (Å²) in [5, 5.41) is 3.20. The van der Waals surface area contributed by atoms with E-state index >= 15 is 0 Å². The van der Waals surface area contributed by atoms with Crippen molar-refractivity contribution in [2.24, 2.45) is 9.98 Å². The largest absolute Gasteiger partial charge is 0.378 e. The molecule has 1 saturated heterocycles. The molecule has 5 rings (SSSR count). The van der Waals surface area contributed by atoms with E-state index in [-0.39, 0.29) is 6.04 Å². The van der Waals surface area contributed by atoms with Gasteiger partial charge in [0.15, 0.2) is 5.70 Å². The molecule has 0 spiro atoms. The molecule has 6 heteroatoms. The van der Waals surface area contributed by atoms with Crippen LogP contribution in [0.15, 0.2) is 100 Å². The summed E-state index contributed by atoms with van der Waals surface area (Å²) in [5.74, 6) is -0.458. The van der Waals surface area contributed by atoms with E-state index in [1.165, 1.54) is 0 Å². The Morgan fingerprint density at radius 2 is 1.63 bits per heavy atom. The van der Waals surface area contributed by atoms with Gasteiger partial charge in [-0.1, -0.05) is 65.7 Å². The Bertz CT molecular complexity index is 1250. The molecule has 3 aromatic rings. The number of para-hydroxylation sites is 2. The van der Waals surface area contributed by atoms with Gasteiger partial charge in [0.1, 0.15) is 0 Å². The Morgan fingerprint density at radius 3 is 2.40 bits per heavy atom. The number of anilines is 1. The maximum atomic E-state index is 12.7. The van der Waals surface area contributed by atoms with E-state index in [1.54, 1.807) is 5.01 Å². The van der Waals surface area contributed by atoms with Crippen LogP contribution in [0.2, 0.25) is 0 Å². The minimum Gasteiger partial charge on any atom is -0.345 e. The highest BCUT2D eigenvalue weighted by molar-refractivity contribution is 5.95. The second-order valence-corrected chi connectivity index (χ2v) is 7.31. The van der Waals surface area contributed by atoms with E-state index in [0.717, 1.165) is 27.5 Å². The van der Waals surface area contributed by atoms with Crippen LogP contribution in [0.3, 0.4) is 0 Å². The summed E-state index contributed by atoms with van der Waals surface area (Å²) in [7, 11) is 0. The predicted molar refractivity (Wildman–Crippen MR) is 112 cm³/mol. The first kappa shape index (κ1) is 18.3. The second kappa shape index (κ2) is 7.57. The molecule has 6 nitrogen and oxygen atoms in total. The third kappa shape index (κ3) is 3.38. The third-order valence-corrected chi connectivity index (χ3v) is 5.22. The highest BCUT2D eigenvalue weighted by atomic mass is 16.7. The lowest BCUT2D eigenvalue weighted by Gasteiger charge is -2.18. The zero-order chi connectivity index (χ0) is 20.5. The first-order valence-electron chi connectivity index (χ1n) is 9.82. The average Bonchev–Trinajstić information content (AvgIpc) is 3.05. The molecule has 0 bridgehead atoms. The maximum Gasteiger partial charge on any atom is 0.378 e. The molecule has 2 aliphatic rings. The average molecular weight is 396 g/mol. The van der Waals surface area contributed by atoms with Gasteiger partial charge in [-0.2, -0.15) is 0 Å². The molecule has 2 heterocycles. The van der Waals surface area contributed by atoms with Gasteiger partial charge in [-0.05, 0) is 36.8 Å². The van der Waals surface area contributed by atoms with Crippen LogP contribution in [0.5, 0.6) is 0 Å². The quantitative estimate of drug-likeness (QED) is 0.676. The van der Waals surface area contributed by atoms with Crippen LogP contribution in [0.1, 0.15) is 23.6 Å². The van der Waals surface area contributed by atoms with Crippen molar-refractivity contribution < 1.29 is 9.63 Å². The molecular weight excluding hydrogens is 376 g/mol. The fraction of sp³-hybridized carbons (Fsp3) is 0.125. The SMILES string of the molecule is Cc1ccc(N2NOC(=O)C2=C2CC(c3ccccc3)N=c3ccccc3=N2)cc1. The number of fused-ring (bicyclic) bond motifs is 1. The van der Waals surface area contributed by atoms with Gasteiger partial charge in [-0.3, -0.25) is 4.99 Å². The normalized spacial score (nSPS) is 20.6. The van der Waals surface area contributed by atoms with Gasteiger partial charge in [-0.25, -0.2) is 14.8 Å². The van der Waals surface area contributed by atoms with Crippen LogP contribution in [0.4, 0.5) is 5.69 Å². The lowest BCUT2D eigenvalue weighted by Crippen LogP contribution is -2.29. The van der Waals surface area contributed by atoms with Gasteiger partial charge in [0.2, 0.25) is 0 Å². The number of carbonyl (C=O) groups excluding carboxylic acids is 1. The maximum absolute atomic E-state index is 12.7. The van der Waals surface area contributed by atoms with Crippen LogP contribution in [0.25, 0.3) is 0 Å². The van der Waals surface area contributed by atoms with Crippen LogP contribution < -0.4 is 21.3 Å². The van der Waals surface area contributed by atoms with E-state index in [0.29, 0.717) is 17.8 Å². The van der Waals surface area contributed by atoms with E-state index in [1.807, 2.05) is 85.8 Å². The lowest BCUT2D eigenvalue weighted by molar-refractivity contribution is -0.140. The summed E-state index contributed by atoms with van der Waals surface area (Å²) < 4.78 is 0. The van der Waals surface area contributed by atoms with Crippen molar-refractivity contribution >= 4 is 11.7 Å². The molecule has 0 saturated carbocycles. The predicted octanol–water partition coefficient (Wildman–Crippen LogP) is 3.07. The molecule has 0 amide bonds. The van der Waals surface area contributed by atoms with E-state index < -0.39 is 5.97 Å². The molecule has 3 aromatic carbocycles. The number of rotatable bonds is 2. The topological polar surface area (TPSA) is 66.3 Å². The number of nitrogens with one attached hydrogen (secondary N) is 1. The molecule has 1 atom stereocenters. The fourth-order valence-electron chi connectivity index (χ4n) is 3.67. The second-order valence-electron chi connectivity index (χ2n) is 7.31. The van der Waals surface area contributed by atoms with Gasteiger partial charge in [0.05, 0.1) is 28.1 Å². The molecule has 30 heavy (non-hydrogen) atoms. The third-order valence-electron chi connectivity index (χ3n) is 5.22. The summed E-state index contributed by atoms with van der Waals surface area (Å²) in [6.45, 7) is 2.02. The van der Waals surface area contributed by atoms with E-state index in [2.05, 4.69) is 5.59 Å². The van der Waals surface area contributed by atoms with Crippen molar-refractivity contribution in [2.45, 2.75) is 19.4 Å². The first-order chi connectivity index (χ1) is 14.7. The summed E-state index contributed by atoms with van der Waals surface area (Å²) in [6, 6.07) is 25.5. The molecule has 1 fully saturated rings. The summed E-state index contributed by atoms with van der Waals surface area (Å²) in [5.41, 5.74) is 6.75. The molecular formula is C24H20N4O2. The minimum absolute atomic E-state index is 0.158. The van der Waals surface area contributed by atoms with Gasteiger partial charge in [0, 0.05) is 6.42 Å². The van der Waals surface area contributed by atoms with Crippen molar-refractivity contribution in [3.05, 3.63) is 112 Å². The number of hydrogen-bond donors (Lipinski definition) is 1. The number of benzene rings is 3. The van der Waals surface area contributed by atoms with Crippen LogP contribution in [0, 0.1) is 6.92 Å². The molecule has 0 radical (unpaired) electrons. The summed E-state index contributed by atoms with van der Waals surface area (Å²) >= 11 is 0. The first-order valence-corrected chi connectivity index (χ1v) is 9.82. The zero-order valence-corrected chi connectivity index (χ0v) is 16.4. The Morgan fingerprint density at radius 1 is 0.933 bits per heavy atom. The van der Waals surface area contributed by atoms with Gasteiger partial charge in [0.25, 0.3) is 0 Å². The van der Waals surface area contributed by atoms with Crippen molar-refractivity contribution in [2.75, 3.05) is 5.01 Å². The molecule has 148 valence electrons. The van der Waals surface area contributed by atoms with Crippen molar-refractivity contribution in [1.29, 1.82) is 0 Å². The number of hydrazine groups is 1. The van der Waals surface area contributed by atoms with Gasteiger partial charge in [-0.15, -0.1) is 0 Å². The fourth-order valence-corrected chi connectivity index (χ4v) is 3.67.